The second-order valence-corrected chi connectivity index (χ2v) is 5.28. The molecule has 0 bridgehead atoms. The summed E-state index contributed by atoms with van der Waals surface area (Å²) in [6.07, 6.45) is 2.86. The number of likely N-dealkylation sites (tertiary alicyclic amines) is 1. The number of aromatic amines is 1. The Morgan fingerprint density at radius 2 is 2.47 bits per heavy atom. The molecule has 80 valence electrons. The summed E-state index contributed by atoms with van der Waals surface area (Å²) in [6, 6.07) is 0.185. The number of fused-ring (bicyclic) bond motifs is 1. The molecular formula is C9H10IN3O2. The van der Waals surface area contributed by atoms with E-state index in [2.05, 4.69) is 32.6 Å². The van der Waals surface area contributed by atoms with Crippen LogP contribution >= 0.6 is 22.6 Å². The molecule has 2 N–H and O–H groups in total. The van der Waals surface area contributed by atoms with Crippen LogP contribution in [0.25, 0.3) is 0 Å². The number of carbonyl (C=O) groups is 1. The summed E-state index contributed by atoms with van der Waals surface area (Å²) in [5, 5.41) is 9.13. The van der Waals surface area contributed by atoms with Crippen LogP contribution in [0.5, 0.6) is 0 Å². The van der Waals surface area contributed by atoms with E-state index >= 15 is 0 Å². The highest BCUT2D eigenvalue weighted by molar-refractivity contribution is 14.1. The predicted molar refractivity (Wildman–Crippen MR) is 60.4 cm³/mol. The van der Waals surface area contributed by atoms with Crippen LogP contribution in [-0.4, -0.2) is 32.1 Å². The Labute approximate surface area is 100 Å². The molecule has 1 aliphatic carbocycles. The van der Waals surface area contributed by atoms with E-state index in [1.807, 2.05) is 0 Å². The molecule has 2 aliphatic rings. The summed E-state index contributed by atoms with van der Waals surface area (Å²) in [6.45, 7) is 0. The summed E-state index contributed by atoms with van der Waals surface area (Å²) < 4.78 is 0.952. The molecule has 6 heteroatoms. The van der Waals surface area contributed by atoms with Crippen molar-refractivity contribution in [3.8, 4) is 0 Å². The highest BCUT2D eigenvalue weighted by Gasteiger charge is 2.55. The Morgan fingerprint density at radius 1 is 1.67 bits per heavy atom. The number of carboxylic acid groups (broad SMARTS) is 1. The fourth-order valence-electron chi connectivity index (χ4n) is 2.46. The summed E-state index contributed by atoms with van der Waals surface area (Å²) >= 11 is 2.14. The summed E-state index contributed by atoms with van der Waals surface area (Å²) in [5.74, 6) is 1.35. The van der Waals surface area contributed by atoms with Gasteiger partial charge in [0.15, 0.2) is 0 Å². The van der Waals surface area contributed by atoms with E-state index < -0.39 is 6.09 Å². The lowest BCUT2D eigenvalue weighted by atomic mass is 10.1. The first-order valence-electron chi connectivity index (χ1n) is 4.88. The first-order valence-corrected chi connectivity index (χ1v) is 5.96. The maximum atomic E-state index is 11.1. The van der Waals surface area contributed by atoms with Crippen molar-refractivity contribution in [2.24, 2.45) is 5.92 Å². The van der Waals surface area contributed by atoms with Crippen molar-refractivity contribution in [3.05, 3.63) is 15.7 Å². The minimum atomic E-state index is -0.823. The van der Waals surface area contributed by atoms with Gasteiger partial charge in [-0.3, -0.25) is 4.90 Å². The van der Waals surface area contributed by atoms with Crippen LogP contribution in [0.1, 0.15) is 24.7 Å². The molecule has 2 heterocycles. The van der Waals surface area contributed by atoms with Crippen molar-refractivity contribution in [2.45, 2.75) is 24.9 Å². The van der Waals surface area contributed by atoms with E-state index in [1.54, 1.807) is 11.1 Å². The van der Waals surface area contributed by atoms with Crippen LogP contribution in [0.3, 0.4) is 0 Å². The van der Waals surface area contributed by atoms with E-state index in [-0.39, 0.29) is 12.1 Å². The summed E-state index contributed by atoms with van der Waals surface area (Å²) in [5.41, 5.74) is 0. The van der Waals surface area contributed by atoms with Gasteiger partial charge >= 0.3 is 6.09 Å². The topological polar surface area (TPSA) is 69.2 Å². The maximum absolute atomic E-state index is 11.1. The molecule has 0 aromatic carbocycles. The van der Waals surface area contributed by atoms with Crippen molar-refractivity contribution < 1.29 is 9.90 Å². The van der Waals surface area contributed by atoms with Crippen LogP contribution < -0.4 is 0 Å². The average Bonchev–Trinajstić information content (AvgIpc) is 2.65. The lowest BCUT2D eigenvalue weighted by Crippen LogP contribution is -2.32. The fraction of sp³-hybridized carbons (Fsp3) is 0.556. The highest BCUT2D eigenvalue weighted by Crippen LogP contribution is 2.52. The first kappa shape index (κ1) is 9.44. The van der Waals surface area contributed by atoms with Crippen molar-refractivity contribution in [1.82, 2.24) is 14.9 Å². The van der Waals surface area contributed by atoms with E-state index in [4.69, 9.17) is 5.11 Å². The van der Waals surface area contributed by atoms with Crippen molar-refractivity contribution >= 4 is 28.7 Å². The third kappa shape index (κ3) is 1.42. The average molecular weight is 319 g/mol. The molecule has 2 fully saturated rings. The van der Waals surface area contributed by atoms with Crippen molar-refractivity contribution in [1.29, 1.82) is 0 Å². The van der Waals surface area contributed by atoms with Gasteiger partial charge in [0.1, 0.15) is 5.82 Å². The quantitative estimate of drug-likeness (QED) is 0.776. The Kier molecular flexibility index (Phi) is 1.95. The molecule has 15 heavy (non-hydrogen) atoms. The van der Waals surface area contributed by atoms with Gasteiger partial charge < -0.3 is 10.1 Å². The van der Waals surface area contributed by atoms with Crippen LogP contribution in [0.4, 0.5) is 4.79 Å². The highest BCUT2D eigenvalue weighted by atomic mass is 127. The van der Waals surface area contributed by atoms with Gasteiger partial charge in [-0.1, -0.05) is 0 Å². The zero-order chi connectivity index (χ0) is 10.6. The SMILES string of the molecule is O=C(O)N1C(c2ncc(I)[nH]2)CC2CC21. The first-order chi connectivity index (χ1) is 7.16. The van der Waals surface area contributed by atoms with Crippen LogP contribution in [0.2, 0.25) is 0 Å². The van der Waals surface area contributed by atoms with Crippen LogP contribution in [-0.2, 0) is 0 Å². The molecule has 0 radical (unpaired) electrons. The molecule has 5 nitrogen and oxygen atoms in total. The number of hydrogen-bond acceptors (Lipinski definition) is 2. The van der Waals surface area contributed by atoms with E-state index in [0.29, 0.717) is 5.92 Å². The number of halogens is 1. The van der Waals surface area contributed by atoms with Gasteiger partial charge in [0.2, 0.25) is 0 Å². The summed E-state index contributed by atoms with van der Waals surface area (Å²) in [7, 11) is 0. The predicted octanol–water partition coefficient (Wildman–Crippen LogP) is 1.83. The van der Waals surface area contributed by atoms with E-state index in [9.17, 15) is 4.79 Å². The molecule has 0 spiro atoms. The minimum absolute atomic E-state index is 0.0604. The molecular weight excluding hydrogens is 309 g/mol. The van der Waals surface area contributed by atoms with Crippen molar-refractivity contribution in [2.75, 3.05) is 0 Å². The van der Waals surface area contributed by atoms with Gasteiger partial charge in [0.25, 0.3) is 0 Å². The molecule has 1 saturated carbocycles. The second kappa shape index (κ2) is 3.10. The smallest absolute Gasteiger partial charge is 0.408 e. The van der Waals surface area contributed by atoms with Crippen LogP contribution in [0, 0.1) is 9.62 Å². The van der Waals surface area contributed by atoms with Gasteiger partial charge in [-0.2, -0.15) is 0 Å². The largest absolute Gasteiger partial charge is 0.465 e. The monoisotopic (exact) mass is 319 g/mol. The lowest BCUT2D eigenvalue weighted by Gasteiger charge is -2.22. The number of imidazole rings is 1. The fourth-order valence-corrected chi connectivity index (χ4v) is 2.87. The lowest BCUT2D eigenvalue weighted by molar-refractivity contribution is 0.128. The van der Waals surface area contributed by atoms with Gasteiger partial charge in [-0.15, -0.1) is 0 Å². The minimum Gasteiger partial charge on any atom is -0.465 e. The van der Waals surface area contributed by atoms with Crippen LogP contribution in [0.15, 0.2) is 6.20 Å². The molecule has 3 rings (SSSR count). The normalized spacial score (nSPS) is 32.9. The van der Waals surface area contributed by atoms with Gasteiger partial charge in [0.05, 0.1) is 15.9 Å². The number of amides is 1. The van der Waals surface area contributed by atoms with Gasteiger partial charge in [-0.25, -0.2) is 9.78 Å². The maximum Gasteiger partial charge on any atom is 0.408 e. The molecule has 1 aliphatic heterocycles. The van der Waals surface area contributed by atoms with Crippen molar-refractivity contribution in [3.63, 3.8) is 0 Å². The molecule has 1 aromatic rings. The Morgan fingerprint density at radius 3 is 3.07 bits per heavy atom. The number of rotatable bonds is 1. The number of nitrogens with zero attached hydrogens (tertiary/aromatic N) is 2. The van der Waals surface area contributed by atoms with Gasteiger partial charge in [0, 0.05) is 6.04 Å². The number of H-pyrrole nitrogens is 1. The Bertz CT molecular complexity index is 419. The number of nitrogens with one attached hydrogen (secondary N) is 1. The Balaban J connectivity index is 1.90. The zero-order valence-corrected chi connectivity index (χ0v) is 10.0. The zero-order valence-electron chi connectivity index (χ0n) is 7.85. The third-order valence-corrected chi connectivity index (χ3v) is 3.75. The third-order valence-electron chi connectivity index (χ3n) is 3.21. The second-order valence-electron chi connectivity index (χ2n) is 4.12. The number of hydrogen-bond donors (Lipinski definition) is 2. The van der Waals surface area contributed by atoms with E-state index in [0.717, 1.165) is 22.4 Å². The molecule has 3 atom stereocenters. The summed E-state index contributed by atoms with van der Waals surface area (Å²) in [4.78, 5) is 20.0. The van der Waals surface area contributed by atoms with Gasteiger partial charge in [-0.05, 0) is 41.4 Å². The molecule has 1 saturated heterocycles. The van der Waals surface area contributed by atoms with E-state index in [1.165, 1.54) is 0 Å². The molecule has 3 unspecified atom stereocenters. The Hall–Kier alpha value is -0.790. The molecule has 1 amide bonds. The number of piperidine rings is 1. The standard InChI is InChI=1S/C9H10IN3O2/c10-7-3-11-8(12-7)6-2-4-1-5(4)13(6)9(14)15/h3-6H,1-2H2,(H,11,12)(H,14,15). The number of aromatic nitrogens is 2. The molecule has 1 aromatic heterocycles.